The molecule has 0 heterocycles. The van der Waals surface area contributed by atoms with Crippen LogP contribution in [0.4, 0.5) is 0 Å². The third-order valence-electron chi connectivity index (χ3n) is 8.92. The molecule has 1 aliphatic carbocycles. The molecular weight excluding hydrogens is 580 g/mol. The minimum atomic E-state index is -0.405. The number of carbonyl (C=O) groups excluding carboxylic acids is 2. The van der Waals surface area contributed by atoms with Crippen molar-refractivity contribution in [3.63, 3.8) is 0 Å². The Morgan fingerprint density at radius 3 is 1.87 bits per heavy atom. The largest absolute Gasteiger partial charge is 0.493 e. The van der Waals surface area contributed by atoms with Gasteiger partial charge in [0.25, 0.3) is 0 Å². The van der Waals surface area contributed by atoms with Gasteiger partial charge in [0.15, 0.2) is 0 Å². The van der Waals surface area contributed by atoms with E-state index in [0.717, 1.165) is 33.9 Å². The summed E-state index contributed by atoms with van der Waals surface area (Å²) in [5, 5.41) is 19.2. The van der Waals surface area contributed by atoms with Crippen LogP contribution >= 0.6 is 0 Å². The summed E-state index contributed by atoms with van der Waals surface area (Å²) in [6.07, 6.45) is 7.96. The second-order valence-corrected chi connectivity index (χ2v) is 13.1. The van der Waals surface area contributed by atoms with E-state index in [9.17, 15) is 19.8 Å². The van der Waals surface area contributed by atoms with E-state index in [1.165, 1.54) is 36.8 Å². The highest BCUT2D eigenvalue weighted by atomic mass is 16.5. The number of esters is 2. The Balaban J connectivity index is 1.95. The third-order valence-corrected chi connectivity index (χ3v) is 8.92. The van der Waals surface area contributed by atoms with Crippen molar-refractivity contribution in [3.05, 3.63) is 76.9 Å². The molecule has 252 valence electrons. The molecule has 2 aromatic rings. The van der Waals surface area contributed by atoms with Gasteiger partial charge in [-0.15, -0.1) is 0 Å². The third kappa shape index (κ3) is 11.1. The molecule has 0 aromatic heterocycles. The van der Waals surface area contributed by atoms with Gasteiger partial charge in [0, 0.05) is 30.3 Å². The van der Waals surface area contributed by atoms with Crippen molar-refractivity contribution in [2.45, 2.75) is 91.4 Å². The second kappa shape index (κ2) is 18.7. The van der Waals surface area contributed by atoms with E-state index < -0.39 is 11.9 Å². The van der Waals surface area contributed by atoms with Gasteiger partial charge in [-0.05, 0) is 123 Å². The Morgan fingerprint density at radius 2 is 1.39 bits per heavy atom. The Hall–Kier alpha value is -3.42. The van der Waals surface area contributed by atoms with Crippen LogP contribution in [0.25, 0.3) is 11.1 Å². The zero-order chi connectivity index (χ0) is 33.6. The van der Waals surface area contributed by atoms with Gasteiger partial charge < -0.3 is 24.4 Å². The van der Waals surface area contributed by atoms with E-state index >= 15 is 0 Å². The molecule has 0 saturated heterocycles. The molecule has 0 spiro atoms. The van der Waals surface area contributed by atoms with Crippen LogP contribution in [0.2, 0.25) is 0 Å². The lowest BCUT2D eigenvalue weighted by atomic mass is 9.78. The number of ether oxygens (including phenoxy) is 3. The predicted octanol–water partition coefficient (Wildman–Crippen LogP) is 7.43. The second-order valence-electron chi connectivity index (χ2n) is 13.1. The van der Waals surface area contributed by atoms with Crippen molar-refractivity contribution in [1.82, 2.24) is 0 Å². The summed E-state index contributed by atoms with van der Waals surface area (Å²) in [5.41, 5.74) is 7.59. The van der Waals surface area contributed by atoms with Gasteiger partial charge in [-0.2, -0.15) is 0 Å². The van der Waals surface area contributed by atoms with Gasteiger partial charge in [0.1, 0.15) is 5.75 Å². The van der Waals surface area contributed by atoms with Crippen LogP contribution in [-0.4, -0.2) is 55.2 Å². The van der Waals surface area contributed by atoms with E-state index in [1.807, 2.05) is 0 Å². The van der Waals surface area contributed by atoms with Crippen LogP contribution in [0, 0.1) is 18.8 Å². The maximum Gasteiger partial charge on any atom is 0.333 e. The van der Waals surface area contributed by atoms with Crippen molar-refractivity contribution in [2.75, 3.05) is 33.0 Å². The number of carbonyl (C=O) groups is 2. The van der Waals surface area contributed by atoms with Gasteiger partial charge in [-0.1, -0.05) is 51.1 Å². The molecule has 0 radical (unpaired) electrons. The van der Waals surface area contributed by atoms with Crippen LogP contribution < -0.4 is 4.74 Å². The maximum absolute atomic E-state index is 12.0. The molecule has 1 saturated carbocycles. The monoisotopic (exact) mass is 634 g/mol. The van der Waals surface area contributed by atoms with Crippen LogP contribution in [0.15, 0.2) is 54.6 Å². The molecule has 7 heteroatoms. The molecule has 1 aliphatic rings. The first-order chi connectivity index (χ1) is 22.0. The number of aliphatic hydroxyl groups is 2. The standard InChI is InChI=1S/C39H54O7/c1-26(2)38(42)45-18-7-9-33-22-35(36-16-15-32(21-29(36)6)31-13-11-28(5)12-14-31)23-34(10-8-19-46-39(43)27(3)4)37(33)44-20-17-30(24-40)25-41/h15-16,21-23,28,30-31,40-41H,1,3,7-14,17-20,24-25H2,2,4-6H3. The molecule has 2 N–H and O–H groups in total. The van der Waals surface area contributed by atoms with Crippen LogP contribution in [0.3, 0.4) is 0 Å². The quantitative estimate of drug-likeness (QED) is 0.0999. The van der Waals surface area contributed by atoms with Crippen LogP contribution in [0.5, 0.6) is 5.75 Å². The average molecular weight is 635 g/mol. The van der Waals surface area contributed by atoms with Gasteiger partial charge in [-0.25, -0.2) is 9.59 Å². The van der Waals surface area contributed by atoms with Crippen molar-refractivity contribution < 1.29 is 34.0 Å². The number of aliphatic hydroxyl groups excluding tert-OH is 2. The lowest BCUT2D eigenvalue weighted by Gasteiger charge is -2.27. The summed E-state index contributed by atoms with van der Waals surface area (Å²) in [6, 6.07) is 11.2. The van der Waals surface area contributed by atoms with E-state index in [-0.39, 0.29) is 32.3 Å². The normalized spacial score (nSPS) is 16.2. The molecule has 46 heavy (non-hydrogen) atoms. The molecule has 0 aliphatic heterocycles. The number of rotatable bonds is 18. The van der Waals surface area contributed by atoms with Crippen molar-refractivity contribution in [2.24, 2.45) is 11.8 Å². The Labute approximate surface area is 275 Å². The van der Waals surface area contributed by atoms with Gasteiger partial charge in [0.2, 0.25) is 0 Å². The van der Waals surface area contributed by atoms with Crippen molar-refractivity contribution in [1.29, 1.82) is 0 Å². The summed E-state index contributed by atoms with van der Waals surface area (Å²) in [7, 11) is 0. The molecular formula is C39H54O7. The van der Waals surface area contributed by atoms with Crippen molar-refractivity contribution in [3.8, 4) is 16.9 Å². The lowest BCUT2D eigenvalue weighted by molar-refractivity contribution is -0.139. The molecule has 0 bridgehead atoms. The zero-order valence-electron chi connectivity index (χ0n) is 28.4. The highest BCUT2D eigenvalue weighted by Crippen LogP contribution is 2.39. The van der Waals surface area contributed by atoms with Gasteiger partial charge >= 0.3 is 11.9 Å². The fraction of sp³-hybridized carbons (Fsp3) is 0.538. The lowest BCUT2D eigenvalue weighted by Crippen LogP contribution is -2.16. The fourth-order valence-corrected chi connectivity index (χ4v) is 5.99. The number of hydrogen-bond acceptors (Lipinski definition) is 7. The Bertz CT molecular complexity index is 1280. The maximum atomic E-state index is 12.0. The minimum Gasteiger partial charge on any atom is -0.493 e. The smallest absolute Gasteiger partial charge is 0.333 e. The van der Waals surface area contributed by atoms with Gasteiger partial charge in [-0.3, -0.25) is 0 Å². The fourth-order valence-electron chi connectivity index (χ4n) is 5.99. The first-order valence-electron chi connectivity index (χ1n) is 16.8. The molecule has 1 fully saturated rings. The predicted molar refractivity (Wildman–Crippen MR) is 183 cm³/mol. The SMILES string of the molecule is C=C(C)C(=O)OCCCc1cc(-c2ccc(C3CCC(C)CC3)cc2C)cc(CCCOC(=O)C(=C)C)c1OCCC(CO)CO. The van der Waals surface area contributed by atoms with Crippen LogP contribution in [0.1, 0.15) is 93.9 Å². The number of benzene rings is 2. The van der Waals surface area contributed by atoms with E-state index in [2.05, 4.69) is 57.3 Å². The van der Waals surface area contributed by atoms with E-state index in [4.69, 9.17) is 14.2 Å². The highest BCUT2D eigenvalue weighted by molar-refractivity contribution is 5.87. The van der Waals surface area contributed by atoms with Gasteiger partial charge in [0.05, 0.1) is 19.8 Å². The Kier molecular flexibility index (Phi) is 15.0. The number of aryl methyl sites for hydroxylation is 3. The summed E-state index contributed by atoms with van der Waals surface area (Å²) >= 11 is 0. The molecule has 3 rings (SSSR count). The van der Waals surface area contributed by atoms with Crippen molar-refractivity contribution >= 4 is 11.9 Å². The summed E-state index contributed by atoms with van der Waals surface area (Å²) in [6.45, 7) is 15.7. The highest BCUT2D eigenvalue weighted by Gasteiger charge is 2.21. The van der Waals surface area contributed by atoms with Crippen LogP contribution in [-0.2, 0) is 31.9 Å². The average Bonchev–Trinajstić information content (AvgIpc) is 3.03. The first-order valence-corrected chi connectivity index (χ1v) is 16.8. The van der Waals surface area contributed by atoms with E-state index in [1.54, 1.807) is 13.8 Å². The minimum absolute atomic E-state index is 0.115. The first kappa shape index (κ1) is 37.0. The summed E-state index contributed by atoms with van der Waals surface area (Å²) in [4.78, 5) is 24.0. The summed E-state index contributed by atoms with van der Waals surface area (Å²) < 4.78 is 17.2. The molecule has 0 unspecified atom stereocenters. The topological polar surface area (TPSA) is 102 Å². The summed E-state index contributed by atoms with van der Waals surface area (Å²) in [5.74, 6) is 1.09. The Morgan fingerprint density at radius 1 is 0.848 bits per heavy atom. The van der Waals surface area contributed by atoms with E-state index in [0.29, 0.717) is 55.8 Å². The molecule has 2 aromatic carbocycles. The molecule has 0 atom stereocenters. The number of hydrogen-bond donors (Lipinski definition) is 2. The molecule has 0 amide bonds. The molecule has 7 nitrogen and oxygen atoms in total. The zero-order valence-corrected chi connectivity index (χ0v) is 28.4.